The fraction of sp³-hybridized carbons (Fsp3) is 0.263. The number of imide groups is 1. The van der Waals surface area contributed by atoms with Gasteiger partial charge in [0.1, 0.15) is 12.4 Å². The molecule has 7 nitrogen and oxygen atoms in total. The number of amides is 2. The molecule has 3 rings (SSSR count). The molecular weight excluding hydrogens is 393 g/mol. The summed E-state index contributed by atoms with van der Waals surface area (Å²) in [5.41, 5.74) is 0.692. The van der Waals surface area contributed by atoms with Gasteiger partial charge in [-0.1, -0.05) is 18.2 Å². The Balaban J connectivity index is 1.96. The third kappa shape index (κ3) is 4.36. The van der Waals surface area contributed by atoms with Crippen LogP contribution in [0.25, 0.3) is 0 Å². The van der Waals surface area contributed by atoms with Gasteiger partial charge in [-0.15, -0.1) is 0 Å². The molecule has 0 saturated carbocycles. The maximum atomic E-state index is 13.2. The van der Waals surface area contributed by atoms with Crippen LogP contribution in [0.5, 0.6) is 5.75 Å². The Hall–Kier alpha value is -3.43. The van der Waals surface area contributed by atoms with E-state index in [0.717, 1.165) is 17.7 Å². The number of benzene rings is 2. The van der Waals surface area contributed by atoms with Gasteiger partial charge in [-0.05, 0) is 30.7 Å². The lowest BCUT2D eigenvalue weighted by atomic mass is 10.1. The predicted molar refractivity (Wildman–Crippen MR) is 96.6 cm³/mol. The normalized spacial score (nSPS) is 13.0. The second-order valence-electron chi connectivity index (χ2n) is 6.32. The lowest BCUT2D eigenvalue weighted by Gasteiger charge is -2.27. The number of carboxylic acid groups (broad SMARTS) is 2. The van der Waals surface area contributed by atoms with Crippen molar-refractivity contribution < 1.29 is 37.7 Å². The van der Waals surface area contributed by atoms with Crippen LogP contribution in [0.4, 0.5) is 34.1 Å². The molecule has 0 aromatic heterocycles. The van der Waals surface area contributed by atoms with E-state index in [2.05, 4.69) is 0 Å². The summed E-state index contributed by atoms with van der Waals surface area (Å²) < 4.78 is 45.3. The Kier molecular flexibility index (Phi) is 5.53. The number of halogens is 3. The summed E-state index contributed by atoms with van der Waals surface area (Å²) in [5, 5.41) is 17.9. The molecule has 2 amide bonds. The van der Waals surface area contributed by atoms with Gasteiger partial charge in [0.25, 0.3) is 0 Å². The highest BCUT2D eigenvalue weighted by Gasteiger charge is 2.33. The third-order valence-electron chi connectivity index (χ3n) is 4.47. The molecule has 2 aromatic rings. The molecule has 2 N–H and O–H groups in total. The second kappa shape index (κ2) is 7.90. The van der Waals surface area contributed by atoms with Crippen molar-refractivity contribution in [1.82, 2.24) is 4.90 Å². The zero-order valence-corrected chi connectivity index (χ0v) is 15.0. The van der Waals surface area contributed by atoms with Gasteiger partial charge in [-0.25, -0.2) is 14.5 Å². The van der Waals surface area contributed by atoms with Crippen molar-refractivity contribution in [3.8, 4) is 5.75 Å². The van der Waals surface area contributed by atoms with Crippen molar-refractivity contribution >= 4 is 23.6 Å². The molecule has 0 bridgehead atoms. The van der Waals surface area contributed by atoms with Crippen LogP contribution in [0, 0.1) is 0 Å². The zero-order valence-electron chi connectivity index (χ0n) is 15.0. The Bertz CT molecular complexity index is 918. The van der Waals surface area contributed by atoms with Crippen LogP contribution in [-0.4, -0.2) is 40.4 Å². The van der Waals surface area contributed by atoms with Crippen LogP contribution in [-0.2, 0) is 12.8 Å². The first kappa shape index (κ1) is 20.3. The maximum absolute atomic E-state index is 13.2. The van der Waals surface area contributed by atoms with Gasteiger partial charge in [-0.3, -0.25) is 0 Å². The zero-order chi connectivity index (χ0) is 21.2. The molecule has 0 saturated heterocycles. The standard InChI is InChI=1S/C19H17F3N2O5/c20-19(21,22)13-6-7-16-15(10-13)23(8-3-9-24(17(25)26)18(27)28)14-5-2-1-4-12(14)11-29-16/h1-2,4-7,10H,3,8-9,11H2,(H,25,26)(H,27,28). The highest BCUT2D eigenvalue weighted by Crippen LogP contribution is 2.42. The van der Waals surface area contributed by atoms with E-state index < -0.39 is 23.9 Å². The number of rotatable bonds is 4. The first-order valence-corrected chi connectivity index (χ1v) is 8.61. The average Bonchev–Trinajstić information content (AvgIpc) is 2.80. The van der Waals surface area contributed by atoms with Crippen molar-refractivity contribution in [2.24, 2.45) is 0 Å². The van der Waals surface area contributed by atoms with Crippen LogP contribution in [0.2, 0.25) is 0 Å². The SMILES string of the molecule is O=C(O)N(CCCN1c2ccccc2COc2ccc(C(F)(F)F)cc21)C(=O)O. The molecule has 0 unspecified atom stereocenters. The molecule has 1 aliphatic heterocycles. The fourth-order valence-electron chi connectivity index (χ4n) is 3.11. The molecular formula is C19H17F3N2O5. The van der Waals surface area contributed by atoms with E-state index in [1.165, 1.54) is 6.07 Å². The summed E-state index contributed by atoms with van der Waals surface area (Å²) in [6.07, 6.45) is -7.70. The van der Waals surface area contributed by atoms with Gasteiger partial charge >= 0.3 is 18.4 Å². The summed E-state index contributed by atoms with van der Waals surface area (Å²) in [4.78, 5) is 23.9. The Morgan fingerprint density at radius 1 is 1.07 bits per heavy atom. The highest BCUT2D eigenvalue weighted by atomic mass is 19.4. The summed E-state index contributed by atoms with van der Waals surface area (Å²) in [6, 6.07) is 10.2. The number of hydrogen-bond acceptors (Lipinski definition) is 4. The third-order valence-corrected chi connectivity index (χ3v) is 4.47. The van der Waals surface area contributed by atoms with E-state index in [1.807, 2.05) is 0 Å². The molecule has 0 spiro atoms. The van der Waals surface area contributed by atoms with Crippen LogP contribution in [0.15, 0.2) is 42.5 Å². The second-order valence-corrected chi connectivity index (χ2v) is 6.32. The largest absolute Gasteiger partial charge is 0.487 e. The summed E-state index contributed by atoms with van der Waals surface area (Å²) >= 11 is 0. The van der Waals surface area contributed by atoms with Gasteiger partial charge in [0.2, 0.25) is 0 Å². The van der Waals surface area contributed by atoms with Crippen molar-refractivity contribution in [3.63, 3.8) is 0 Å². The maximum Gasteiger partial charge on any atom is 0.416 e. The van der Waals surface area contributed by atoms with Crippen LogP contribution < -0.4 is 9.64 Å². The van der Waals surface area contributed by atoms with Crippen molar-refractivity contribution in [2.45, 2.75) is 19.2 Å². The Morgan fingerprint density at radius 3 is 2.41 bits per heavy atom. The van der Waals surface area contributed by atoms with Gasteiger partial charge < -0.3 is 19.8 Å². The Labute approximate surface area is 163 Å². The minimum Gasteiger partial charge on any atom is -0.487 e. The monoisotopic (exact) mass is 410 g/mol. The van der Waals surface area contributed by atoms with E-state index in [-0.39, 0.29) is 42.5 Å². The molecule has 0 fully saturated rings. The van der Waals surface area contributed by atoms with Crippen LogP contribution in [0.3, 0.4) is 0 Å². The molecule has 154 valence electrons. The van der Waals surface area contributed by atoms with E-state index in [4.69, 9.17) is 14.9 Å². The summed E-state index contributed by atoms with van der Waals surface area (Å²) in [5.74, 6) is 0.252. The molecule has 1 heterocycles. The number of carbonyl (C=O) groups is 2. The van der Waals surface area contributed by atoms with E-state index >= 15 is 0 Å². The number of nitrogens with zero attached hydrogens (tertiary/aromatic N) is 2. The van der Waals surface area contributed by atoms with E-state index in [0.29, 0.717) is 5.69 Å². The van der Waals surface area contributed by atoms with Gasteiger partial charge in [0, 0.05) is 24.3 Å². The molecule has 0 aliphatic carbocycles. The average molecular weight is 410 g/mol. The number of fused-ring (bicyclic) bond motifs is 2. The highest BCUT2D eigenvalue weighted by molar-refractivity contribution is 5.85. The van der Waals surface area contributed by atoms with Crippen molar-refractivity contribution in [2.75, 3.05) is 18.0 Å². The minimum absolute atomic E-state index is 0.0720. The number of anilines is 2. The molecule has 0 radical (unpaired) electrons. The first-order chi connectivity index (χ1) is 13.7. The minimum atomic E-state index is -4.55. The van der Waals surface area contributed by atoms with Gasteiger partial charge in [-0.2, -0.15) is 13.2 Å². The van der Waals surface area contributed by atoms with Crippen molar-refractivity contribution in [1.29, 1.82) is 0 Å². The first-order valence-electron chi connectivity index (χ1n) is 8.61. The number of hydrogen-bond donors (Lipinski definition) is 2. The molecule has 29 heavy (non-hydrogen) atoms. The van der Waals surface area contributed by atoms with E-state index in [9.17, 15) is 22.8 Å². The summed E-state index contributed by atoms with van der Waals surface area (Å²) in [6.45, 7) is -0.0777. The van der Waals surface area contributed by atoms with Crippen LogP contribution in [0.1, 0.15) is 17.5 Å². The quantitative estimate of drug-likeness (QED) is 0.754. The molecule has 2 aromatic carbocycles. The molecule has 1 aliphatic rings. The van der Waals surface area contributed by atoms with Crippen LogP contribution >= 0.6 is 0 Å². The fourth-order valence-corrected chi connectivity index (χ4v) is 3.11. The topological polar surface area (TPSA) is 90.3 Å². The number of ether oxygens (including phenoxy) is 1. The Morgan fingerprint density at radius 2 is 1.76 bits per heavy atom. The van der Waals surface area contributed by atoms with Gasteiger partial charge in [0.15, 0.2) is 0 Å². The number of para-hydroxylation sites is 1. The summed E-state index contributed by atoms with van der Waals surface area (Å²) in [7, 11) is 0. The number of alkyl halides is 3. The smallest absolute Gasteiger partial charge is 0.416 e. The molecule has 10 heteroatoms. The lowest BCUT2D eigenvalue weighted by molar-refractivity contribution is -0.137. The molecule has 0 atom stereocenters. The lowest BCUT2D eigenvalue weighted by Crippen LogP contribution is -2.36. The predicted octanol–water partition coefficient (Wildman–Crippen LogP) is 4.78. The van der Waals surface area contributed by atoms with Gasteiger partial charge in [0.05, 0.1) is 11.3 Å². The van der Waals surface area contributed by atoms with Crippen molar-refractivity contribution in [3.05, 3.63) is 53.6 Å². The van der Waals surface area contributed by atoms with E-state index in [1.54, 1.807) is 29.2 Å².